The summed E-state index contributed by atoms with van der Waals surface area (Å²) in [4.78, 5) is 0. The van der Waals surface area contributed by atoms with Crippen LogP contribution in [0.3, 0.4) is 0 Å². The van der Waals surface area contributed by atoms with Gasteiger partial charge in [0.25, 0.3) is 0 Å². The number of rotatable bonds is 1. The smallest absolute Gasteiger partial charge is 0.182 e. The van der Waals surface area contributed by atoms with E-state index in [1.165, 1.54) is 0 Å². The van der Waals surface area contributed by atoms with Crippen molar-refractivity contribution in [1.82, 2.24) is 0 Å². The molecule has 0 radical (unpaired) electrons. The van der Waals surface area contributed by atoms with E-state index in [0.29, 0.717) is 0 Å². The second-order valence-electron chi connectivity index (χ2n) is 6.59. The molecule has 0 unspecified atom stereocenters. The average Bonchev–Trinajstić information content (AvgIpc) is 3.28. The number of hydrogen-bond acceptors (Lipinski definition) is 4. The summed E-state index contributed by atoms with van der Waals surface area (Å²) in [6, 6.07) is 18.1. The molecule has 4 rings (SSSR count). The van der Waals surface area contributed by atoms with Crippen molar-refractivity contribution >= 4 is 5.57 Å². The molecular formula is C20H12N4. The molecule has 1 fully saturated rings. The van der Waals surface area contributed by atoms with Crippen molar-refractivity contribution in [2.75, 3.05) is 0 Å². The molecule has 0 saturated heterocycles. The second-order valence-corrected chi connectivity index (χ2v) is 6.59. The molecule has 24 heavy (non-hydrogen) atoms. The Morgan fingerprint density at radius 1 is 0.750 bits per heavy atom. The Kier molecular flexibility index (Phi) is 2.72. The maximum atomic E-state index is 9.82. The summed E-state index contributed by atoms with van der Waals surface area (Å²) >= 11 is 0. The molecule has 1 saturated carbocycles. The quantitative estimate of drug-likeness (QED) is 0.744. The van der Waals surface area contributed by atoms with Gasteiger partial charge in [-0.1, -0.05) is 48.6 Å². The van der Waals surface area contributed by atoms with Crippen molar-refractivity contribution < 1.29 is 0 Å². The van der Waals surface area contributed by atoms with Crippen LogP contribution in [-0.2, 0) is 0 Å². The molecule has 0 N–H and O–H groups in total. The summed E-state index contributed by atoms with van der Waals surface area (Å²) in [5.74, 6) is -0.822. The van der Waals surface area contributed by atoms with E-state index >= 15 is 0 Å². The van der Waals surface area contributed by atoms with Gasteiger partial charge in [-0.15, -0.1) is 0 Å². The zero-order valence-corrected chi connectivity index (χ0v) is 12.7. The zero-order valence-electron chi connectivity index (χ0n) is 12.7. The molecular weight excluding hydrogens is 296 g/mol. The Balaban J connectivity index is 1.96. The lowest BCUT2D eigenvalue weighted by Crippen LogP contribution is -2.39. The van der Waals surface area contributed by atoms with Gasteiger partial charge in [0.1, 0.15) is 0 Å². The highest BCUT2D eigenvalue weighted by atomic mass is 14.7. The van der Waals surface area contributed by atoms with Crippen LogP contribution < -0.4 is 0 Å². The Labute approximate surface area is 140 Å². The van der Waals surface area contributed by atoms with Gasteiger partial charge in [0, 0.05) is 17.8 Å². The van der Waals surface area contributed by atoms with Gasteiger partial charge in [-0.25, -0.2) is 0 Å². The van der Waals surface area contributed by atoms with E-state index < -0.39 is 16.7 Å². The van der Waals surface area contributed by atoms with E-state index in [1.54, 1.807) is 0 Å². The molecule has 112 valence electrons. The van der Waals surface area contributed by atoms with Crippen molar-refractivity contribution in [2.24, 2.45) is 34.5 Å². The van der Waals surface area contributed by atoms with Crippen LogP contribution in [0, 0.1) is 79.8 Å². The number of nitrogens with zero attached hydrogens (tertiary/aromatic N) is 4. The van der Waals surface area contributed by atoms with E-state index in [0.717, 1.165) is 11.1 Å². The minimum Gasteiger partial charge on any atom is -0.196 e. The molecule has 1 aromatic rings. The molecule has 3 aliphatic carbocycles. The lowest BCUT2D eigenvalue weighted by atomic mass is 9.63. The molecule has 0 heterocycles. The van der Waals surface area contributed by atoms with Crippen LogP contribution in [0.1, 0.15) is 5.56 Å². The Hall–Kier alpha value is -3.34. The first-order valence-electron chi connectivity index (χ1n) is 7.79. The summed E-state index contributed by atoms with van der Waals surface area (Å²) < 4.78 is 0. The zero-order chi connectivity index (χ0) is 16.9. The van der Waals surface area contributed by atoms with Gasteiger partial charge in [-0.2, -0.15) is 21.0 Å². The summed E-state index contributed by atoms with van der Waals surface area (Å²) in [6.07, 6.45) is 5.88. The molecule has 1 aromatic carbocycles. The van der Waals surface area contributed by atoms with Gasteiger partial charge in [-0.05, 0) is 17.1 Å². The van der Waals surface area contributed by atoms with Crippen molar-refractivity contribution in [2.45, 2.75) is 0 Å². The van der Waals surface area contributed by atoms with Crippen molar-refractivity contribution in [1.29, 1.82) is 21.0 Å². The summed E-state index contributed by atoms with van der Waals surface area (Å²) in [6.45, 7) is 0. The molecule has 4 nitrogen and oxygen atoms in total. The highest BCUT2D eigenvalue weighted by Crippen LogP contribution is 2.70. The van der Waals surface area contributed by atoms with E-state index in [2.05, 4.69) is 12.1 Å². The summed E-state index contributed by atoms with van der Waals surface area (Å²) in [5.41, 5.74) is -1.10. The second kappa shape index (κ2) is 4.58. The molecule has 0 spiro atoms. The van der Waals surface area contributed by atoms with Gasteiger partial charge in [-0.3, -0.25) is 0 Å². The molecule has 0 aliphatic heterocycles. The number of allylic oxidation sites excluding steroid dienone is 4. The van der Waals surface area contributed by atoms with Crippen molar-refractivity contribution in [3.63, 3.8) is 0 Å². The standard InChI is InChI=1S/C20H12N4/c21-9-19(10-22)16-7-6-14-15(13-4-2-1-3-5-13)8-17(18(14)16)20(19,11-23)12-24/h1-8,14,16-18H/t14-,16-,17+,18+/m1/s1. The lowest BCUT2D eigenvalue weighted by Gasteiger charge is -2.28. The minimum atomic E-state index is -1.63. The van der Waals surface area contributed by atoms with Crippen molar-refractivity contribution in [3.05, 3.63) is 54.1 Å². The third-order valence-electron chi connectivity index (χ3n) is 5.92. The van der Waals surface area contributed by atoms with Crippen LogP contribution in [0.5, 0.6) is 0 Å². The molecule has 4 atom stereocenters. The summed E-state index contributed by atoms with van der Waals surface area (Å²) in [7, 11) is 0. The molecule has 3 aliphatic rings. The highest BCUT2D eigenvalue weighted by molar-refractivity contribution is 5.74. The highest BCUT2D eigenvalue weighted by Gasteiger charge is 2.74. The van der Waals surface area contributed by atoms with E-state index in [1.807, 2.05) is 60.7 Å². The van der Waals surface area contributed by atoms with Crippen LogP contribution in [-0.4, -0.2) is 0 Å². The van der Waals surface area contributed by atoms with Crippen LogP contribution in [0.25, 0.3) is 5.57 Å². The third-order valence-corrected chi connectivity index (χ3v) is 5.92. The van der Waals surface area contributed by atoms with Crippen LogP contribution in [0.2, 0.25) is 0 Å². The fourth-order valence-corrected chi connectivity index (χ4v) is 4.89. The normalized spacial score (nSPS) is 32.8. The average molecular weight is 308 g/mol. The molecule has 0 amide bonds. The topological polar surface area (TPSA) is 95.2 Å². The predicted octanol–water partition coefficient (Wildman–Crippen LogP) is 3.20. The van der Waals surface area contributed by atoms with Crippen LogP contribution in [0.15, 0.2) is 48.6 Å². The molecule has 0 aromatic heterocycles. The minimum absolute atomic E-state index is 0.0482. The van der Waals surface area contributed by atoms with E-state index in [-0.39, 0.29) is 17.8 Å². The van der Waals surface area contributed by atoms with Gasteiger partial charge in [0.2, 0.25) is 0 Å². The van der Waals surface area contributed by atoms with Gasteiger partial charge < -0.3 is 0 Å². The fourth-order valence-electron chi connectivity index (χ4n) is 4.89. The maximum absolute atomic E-state index is 9.82. The van der Waals surface area contributed by atoms with Gasteiger partial charge in [0.05, 0.1) is 24.3 Å². The number of benzene rings is 1. The first-order valence-corrected chi connectivity index (χ1v) is 7.79. The van der Waals surface area contributed by atoms with Crippen LogP contribution >= 0.6 is 0 Å². The predicted molar refractivity (Wildman–Crippen MR) is 84.8 cm³/mol. The van der Waals surface area contributed by atoms with Gasteiger partial charge >= 0.3 is 0 Å². The SMILES string of the molecule is N#CC1(C#N)[C@@H]2C=C[C@@H]3C(c4ccccc4)=C[C@@H]([C@@H]32)C1(C#N)C#N. The van der Waals surface area contributed by atoms with Gasteiger partial charge in [0.15, 0.2) is 10.8 Å². The fraction of sp³-hybridized carbons (Fsp3) is 0.300. The molecule has 0 bridgehead atoms. The molecule has 4 heteroatoms. The first kappa shape index (κ1) is 14.3. The lowest BCUT2D eigenvalue weighted by molar-refractivity contribution is 0.291. The maximum Gasteiger partial charge on any atom is 0.182 e. The first-order chi connectivity index (χ1) is 11.7. The Bertz CT molecular complexity index is 915. The van der Waals surface area contributed by atoms with Crippen molar-refractivity contribution in [3.8, 4) is 24.3 Å². The third kappa shape index (κ3) is 1.31. The monoisotopic (exact) mass is 308 g/mol. The summed E-state index contributed by atoms with van der Waals surface area (Å²) in [5, 5.41) is 39.1. The van der Waals surface area contributed by atoms with E-state index in [4.69, 9.17) is 0 Å². The largest absolute Gasteiger partial charge is 0.196 e. The van der Waals surface area contributed by atoms with E-state index in [9.17, 15) is 21.0 Å². The number of hydrogen-bond donors (Lipinski definition) is 0. The Morgan fingerprint density at radius 3 is 1.92 bits per heavy atom. The number of nitriles is 4. The van der Waals surface area contributed by atoms with Crippen LogP contribution in [0.4, 0.5) is 0 Å². The Morgan fingerprint density at radius 2 is 1.33 bits per heavy atom.